The summed E-state index contributed by atoms with van der Waals surface area (Å²) in [5.41, 5.74) is 7.22. The van der Waals surface area contributed by atoms with Gasteiger partial charge in [-0.25, -0.2) is 4.98 Å². The first-order chi connectivity index (χ1) is 11.4. The molecular formula is C16H19N5O2S. The first kappa shape index (κ1) is 16.5. The number of aryl methyl sites for hydroxylation is 2. The van der Waals surface area contributed by atoms with E-state index in [4.69, 9.17) is 10.2 Å². The number of carbonyl (C=O) groups excluding carboxylic acids is 1. The number of anilines is 1. The molecule has 2 aromatic rings. The van der Waals surface area contributed by atoms with Crippen molar-refractivity contribution in [1.82, 2.24) is 9.97 Å². The average Bonchev–Trinajstić information content (AvgIpc) is 2.86. The third-order valence-electron chi connectivity index (χ3n) is 3.93. The molecule has 0 aliphatic carbocycles. The van der Waals surface area contributed by atoms with Gasteiger partial charge in [0.05, 0.1) is 17.4 Å². The van der Waals surface area contributed by atoms with Crippen molar-refractivity contribution in [2.45, 2.75) is 32.7 Å². The van der Waals surface area contributed by atoms with Gasteiger partial charge in [-0.05, 0) is 31.9 Å². The molecule has 0 spiro atoms. The molecule has 126 valence electrons. The zero-order valence-corrected chi connectivity index (χ0v) is 14.6. The molecule has 1 atom stereocenters. The van der Waals surface area contributed by atoms with E-state index in [9.17, 15) is 4.79 Å². The highest BCUT2D eigenvalue weighted by molar-refractivity contribution is 8.13. The molecule has 0 radical (unpaired) electrons. The van der Waals surface area contributed by atoms with E-state index < -0.39 is 5.54 Å². The molecule has 1 amide bonds. The topological polar surface area (TPSA) is 106 Å². The number of oxazole rings is 1. The summed E-state index contributed by atoms with van der Waals surface area (Å²) in [6.45, 7) is 5.44. The Kier molecular flexibility index (Phi) is 4.31. The predicted molar refractivity (Wildman–Crippen MR) is 94.2 cm³/mol. The second-order valence-corrected chi connectivity index (χ2v) is 6.99. The monoisotopic (exact) mass is 345 g/mol. The van der Waals surface area contributed by atoms with E-state index in [1.165, 1.54) is 0 Å². The van der Waals surface area contributed by atoms with Gasteiger partial charge >= 0.3 is 0 Å². The van der Waals surface area contributed by atoms with Crippen molar-refractivity contribution in [1.29, 1.82) is 0 Å². The lowest BCUT2D eigenvalue weighted by molar-refractivity contribution is 0.102. The molecule has 0 saturated carbocycles. The standard InChI is InChI=1S/C16H19N5O2S/c1-9-13(19-10(2)23-9)14(22)20-12-6-11(7-18-8-12)16(3)4-5-24-15(17)21-16/h6-8H,4-5H2,1-3H3,(H2,17,21)(H,20,22)/t16-/m0/s1. The number of nitrogens with zero attached hydrogens (tertiary/aromatic N) is 3. The number of nitrogens with two attached hydrogens (primary N) is 1. The molecule has 1 aliphatic rings. The van der Waals surface area contributed by atoms with Gasteiger partial charge in [0.2, 0.25) is 0 Å². The number of aliphatic imine (C=N–C) groups is 1. The maximum absolute atomic E-state index is 12.4. The Bertz CT molecular complexity index is 817. The molecule has 3 rings (SSSR count). The van der Waals surface area contributed by atoms with Crippen molar-refractivity contribution < 1.29 is 9.21 Å². The number of amides is 1. The quantitative estimate of drug-likeness (QED) is 0.885. The summed E-state index contributed by atoms with van der Waals surface area (Å²) in [4.78, 5) is 25.2. The van der Waals surface area contributed by atoms with Crippen LogP contribution in [-0.2, 0) is 5.54 Å². The number of carbonyl (C=O) groups is 1. The molecule has 0 bridgehead atoms. The average molecular weight is 345 g/mol. The maximum Gasteiger partial charge on any atom is 0.277 e. The van der Waals surface area contributed by atoms with E-state index in [0.29, 0.717) is 22.5 Å². The number of amidine groups is 1. The van der Waals surface area contributed by atoms with Gasteiger partial charge in [-0.1, -0.05) is 11.8 Å². The molecule has 24 heavy (non-hydrogen) atoms. The minimum atomic E-state index is -0.427. The Balaban J connectivity index is 1.85. The van der Waals surface area contributed by atoms with Gasteiger partial charge in [0, 0.05) is 18.9 Å². The Morgan fingerprint density at radius 1 is 1.42 bits per heavy atom. The van der Waals surface area contributed by atoms with Crippen molar-refractivity contribution >= 4 is 28.5 Å². The van der Waals surface area contributed by atoms with E-state index in [1.807, 2.05) is 13.0 Å². The van der Waals surface area contributed by atoms with Crippen molar-refractivity contribution in [3.8, 4) is 0 Å². The lowest BCUT2D eigenvalue weighted by Crippen LogP contribution is -2.29. The molecule has 1 aliphatic heterocycles. The number of rotatable bonds is 3. The van der Waals surface area contributed by atoms with Gasteiger partial charge in [-0.15, -0.1) is 0 Å². The van der Waals surface area contributed by atoms with Crippen molar-refractivity contribution in [2.75, 3.05) is 11.1 Å². The fraction of sp³-hybridized carbons (Fsp3) is 0.375. The fourth-order valence-corrected chi connectivity index (χ4v) is 3.60. The van der Waals surface area contributed by atoms with Crippen molar-refractivity contribution in [3.63, 3.8) is 0 Å². The van der Waals surface area contributed by atoms with Gasteiger partial charge in [-0.2, -0.15) is 0 Å². The first-order valence-corrected chi connectivity index (χ1v) is 8.55. The van der Waals surface area contributed by atoms with Gasteiger partial charge in [0.25, 0.3) is 5.91 Å². The lowest BCUT2D eigenvalue weighted by Gasteiger charge is -2.29. The second-order valence-electron chi connectivity index (χ2n) is 5.88. The third-order valence-corrected chi connectivity index (χ3v) is 4.73. The number of aromatic nitrogens is 2. The Morgan fingerprint density at radius 2 is 2.21 bits per heavy atom. The molecule has 0 fully saturated rings. The zero-order valence-electron chi connectivity index (χ0n) is 13.8. The number of hydrogen-bond acceptors (Lipinski definition) is 7. The van der Waals surface area contributed by atoms with Gasteiger partial charge in [0.15, 0.2) is 16.8 Å². The molecular weight excluding hydrogens is 326 g/mol. The van der Waals surface area contributed by atoms with Gasteiger partial charge in [-0.3, -0.25) is 14.8 Å². The van der Waals surface area contributed by atoms with Crippen LogP contribution in [0.25, 0.3) is 0 Å². The van der Waals surface area contributed by atoms with E-state index >= 15 is 0 Å². The molecule has 8 heteroatoms. The van der Waals surface area contributed by atoms with E-state index in [-0.39, 0.29) is 11.6 Å². The molecule has 0 aromatic carbocycles. The molecule has 0 saturated heterocycles. The maximum atomic E-state index is 12.4. The molecule has 3 N–H and O–H groups in total. The van der Waals surface area contributed by atoms with E-state index in [1.54, 1.807) is 38.0 Å². The summed E-state index contributed by atoms with van der Waals surface area (Å²) in [6, 6.07) is 1.87. The van der Waals surface area contributed by atoms with Crippen LogP contribution in [0.5, 0.6) is 0 Å². The summed E-state index contributed by atoms with van der Waals surface area (Å²) < 4.78 is 5.30. The largest absolute Gasteiger partial charge is 0.445 e. The van der Waals surface area contributed by atoms with E-state index in [0.717, 1.165) is 17.7 Å². The number of nitrogens with one attached hydrogen (secondary N) is 1. The summed E-state index contributed by atoms with van der Waals surface area (Å²) >= 11 is 1.55. The van der Waals surface area contributed by atoms with Crippen LogP contribution in [0.4, 0.5) is 5.69 Å². The highest BCUT2D eigenvalue weighted by Gasteiger charge is 2.30. The van der Waals surface area contributed by atoms with Crippen LogP contribution >= 0.6 is 11.8 Å². The number of hydrogen-bond donors (Lipinski definition) is 2. The molecule has 0 unspecified atom stereocenters. The minimum absolute atomic E-state index is 0.278. The van der Waals surface area contributed by atoms with Gasteiger partial charge < -0.3 is 15.5 Å². The summed E-state index contributed by atoms with van der Waals surface area (Å²) in [5, 5.41) is 3.39. The molecule has 7 nitrogen and oxygen atoms in total. The Labute approximate surface area is 144 Å². The Hall–Kier alpha value is -2.35. The fourth-order valence-electron chi connectivity index (χ4n) is 2.63. The normalized spacial score (nSPS) is 20.5. The van der Waals surface area contributed by atoms with Crippen LogP contribution in [0.3, 0.4) is 0 Å². The third kappa shape index (κ3) is 3.28. The number of pyridine rings is 1. The van der Waals surface area contributed by atoms with Crippen LogP contribution in [-0.4, -0.2) is 26.8 Å². The lowest BCUT2D eigenvalue weighted by atomic mass is 9.91. The SMILES string of the molecule is Cc1nc(C(=O)Nc2cncc([C@]3(C)CCSC(N)=N3)c2)c(C)o1. The van der Waals surface area contributed by atoms with Crippen LogP contribution in [0.2, 0.25) is 0 Å². The molecule has 3 heterocycles. The van der Waals surface area contributed by atoms with Crippen molar-refractivity contribution in [2.24, 2.45) is 10.7 Å². The van der Waals surface area contributed by atoms with Crippen LogP contribution in [0.1, 0.15) is 41.0 Å². The van der Waals surface area contributed by atoms with Gasteiger partial charge in [0.1, 0.15) is 5.76 Å². The summed E-state index contributed by atoms with van der Waals surface area (Å²) in [6.07, 6.45) is 4.21. The minimum Gasteiger partial charge on any atom is -0.445 e. The highest BCUT2D eigenvalue weighted by atomic mass is 32.2. The highest BCUT2D eigenvalue weighted by Crippen LogP contribution is 2.35. The van der Waals surface area contributed by atoms with Crippen LogP contribution < -0.4 is 11.1 Å². The smallest absolute Gasteiger partial charge is 0.277 e. The first-order valence-electron chi connectivity index (χ1n) is 7.56. The predicted octanol–water partition coefficient (Wildman–Crippen LogP) is 2.61. The summed E-state index contributed by atoms with van der Waals surface area (Å²) in [5.74, 6) is 1.53. The zero-order chi connectivity index (χ0) is 17.3. The van der Waals surface area contributed by atoms with E-state index in [2.05, 4.69) is 20.3 Å². The second kappa shape index (κ2) is 6.27. The molecule has 2 aromatic heterocycles. The van der Waals surface area contributed by atoms with Crippen LogP contribution in [0, 0.1) is 13.8 Å². The summed E-state index contributed by atoms with van der Waals surface area (Å²) in [7, 11) is 0. The van der Waals surface area contributed by atoms with Crippen LogP contribution in [0.15, 0.2) is 27.9 Å². The number of thioether (sulfide) groups is 1. The van der Waals surface area contributed by atoms with Crippen molar-refractivity contribution in [3.05, 3.63) is 41.4 Å². The Morgan fingerprint density at radius 3 is 2.88 bits per heavy atom.